The van der Waals surface area contributed by atoms with E-state index >= 15 is 0 Å². The van der Waals surface area contributed by atoms with Crippen LogP contribution in [0, 0.1) is 5.82 Å². The van der Waals surface area contributed by atoms with Gasteiger partial charge in [0.05, 0.1) is 28.1 Å². The molecule has 1 aliphatic rings. The fourth-order valence-electron chi connectivity index (χ4n) is 3.23. The van der Waals surface area contributed by atoms with Gasteiger partial charge in [0, 0.05) is 11.6 Å². The van der Waals surface area contributed by atoms with Gasteiger partial charge in [0.1, 0.15) is 12.1 Å². The highest BCUT2D eigenvalue weighted by Gasteiger charge is 2.29. The Morgan fingerprint density at radius 2 is 1.93 bits per heavy atom. The Labute approximate surface area is 159 Å². The van der Waals surface area contributed by atoms with Crippen LogP contribution in [0.3, 0.4) is 0 Å². The van der Waals surface area contributed by atoms with Crippen LogP contribution in [0.25, 0.3) is 16.6 Å². The van der Waals surface area contributed by atoms with Crippen LogP contribution in [0.15, 0.2) is 53.6 Å². The maximum Gasteiger partial charge on any atom is 0.265 e. The van der Waals surface area contributed by atoms with E-state index in [1.165, 1.54) is 53.4 Å². The number of sulfone groups is 1. The van der Waals surface area contributed by atoms with E-state index in [-0.39, 0.29) is 17.1 Å². The predicted molar refractivity (Wildman–Crippen MR) is 102 cm³/mol. The average Bonchev–Trinajstić information content (AvgIpc) is 3.01. The van der Waals surface area contributed by atoms with Crippen LogP contribution in [0.4, 0.5) is 4.39 Å². The third kappa shape index (κ3) is 3.53. The molecule has 1 saturated heterocycles. The summed E-state index contributed by atoms with van der Waals surface area (Å²) in [6.07, 6.45) is 1.71. The van der Waals surface area contributed by atoms with Crippen molar-refractivity contribution in [1.29, 1.82) is 0 Å². The summed E-state index contributed by atoms with van der Waals surface area (Å²) in [4.78, 5) is 29.3. The summed E-state index contributed by atoms with van der Waals surface area (Å²) in [5, 5.41) is 3.02. The van der Waals surface area contributed by atoms with Gasteiger partial charge in [-0.25, -0.2) is 17.8 Å². The molecule has 2 heterocycles. The first-order chi connectivity index (χ1) is 13.3. The Bertz CT molecular complexity index is 1240. The number of hydrogen-bond donors (Lipinski definition) is 1. The Morgan fingerprint density at radius 1 is 1.18 bits per heavy atom. The number of nitrogens with zero attached hydrogens (tertiary/aromatic N) is 2. The number of aromatic nitrogens is 2. The maximum atomic E-state index is 13.1. The molecule has 0 aliphatic carbocycles. The van der Waals surface area contributed by atoms with Gasteiger partial charge in [-0.15, -0.1) is 0 Å². The monoisotopic (exact) mass is 401 g/mol. The zero-order valence-corrected chi connectivity index (χ0v) is 15.4. The third-order valence-corrected chi connectivity index (χ3v) is 6.46. The van der Waals surface area contributed by atoms with E-state index in [4.69, 9.17) is 0 Å². The van der Waals surface area contributed by atoms with Gasteiger partial charge >= 0.3 is 0 Å². The molecule has 0 unspecified atom stereocenters. The van der Waals surface area contributed by atoms with Crippen LogP contribution in [0.5, 0.6) is 0 Å². The van der Waals surface area contributed by atoms with Crippen molar-refractivity contribution in [3.8, 4) is 5.69 Å². The van der Waals surface area contributed by atoms with Crippen LogP contribution >= 0.6 is 0 Å². The van der Waals surface area contributed by atoms with Crippen molar-refractivity contribution in [2.24, 2.45) is 0 Å². The maximum absolute atomic E-state index is 13.1. The second kappa shape index (κ2) is 6.83. The number of hydrogen-bond acceptors (Lipinski definition) is 5. The molecular weight excluding hydrogens is 385 g/mol. The first-order valence-corrected chi connectivity index (χ1v) is 10.4. The van der Waals surface area contributed by atoms with Crippen molar-refractivity contribution < 1.29 is 17.6 Å². The summed E-state index contributed by atoms with van der Waals surface area (Å²) in [5.41, 5.74) is 0.772. The van der Waals surface area contributed by atoms with Crippen molar-refractivity contribution in [2.45, 2.75) is 12.5 Å². The van der Waals surface area contributed by atoms with E-state index in [0.29, 0.717) is 28.6 Å². The normalized spacial score (nSPS) is 18.2. The molecule has 0 radical (unpaired) electrons. The van der Waals surface area contributed by atoms with Crippen LogP contribution in [-0.2, 0) is 9.84 Å². The molecule has 0 bridgehead atoms. The van der Waals surface area contributed by atoms with Gasteiger partial charge in [-0.1, -0.05) is 0 Å². The van der Waals surface area contributed by atoms with Gasteiger partial charge in [0.25, 0.3) is 11.5 Å². The van der Waals surface area contributed by atoms with E-state index < -0.39 is 27.6 Å². The highest BCUT2D eigenvalue weighted by atomic mass is 32.2. The molecule has 1 aliphatic heterocycles. The molecule has 1 amide bonds. The fourth-order valence-corrected chi connectivity index (χ4v) is 4.90. The molecule has 1 fully saturated rings. The lowest BCUT2D eigenvalue weighted by molar-refractivity contribution is 0.0941. The largest absolute Gasteiger partial charge is 0.348 e. The van der Waals surface area contributed by atoms with Gasteiger partial charge in [-0.3, -0.25) is 14.2 Å². The minimum Gasteiger partial charge on any atom is -0.348 e. The standard InChI is InChI=1S/C19H16FN3O4S/c20-13-2-4-15(5-3-13)23-11-21-17-9-12(1-6-16(17)19(23)25)18(24)22-14-7-8-28(26,27)10-14/h1-6,9,11,14H,7-8,10H2,(H,22,24)/t14-/m0/s1. The van der Waals surface area contributed by atoms with Crippen LogP contribution < -0.4 is 10.9 Å². The van der Waals surface area contributed by atoms with Crippen LogP contribution in [0.2, 0.25) is 0 Å². The van der Waals surface area contributed by atoms with Gasteiger partial charge < -0.3 is 5.32 Å². The second-order valence-electron chi connectivity index (χ2n) is 6.70. The number of fused-ring (bicyclic) bond motifs is 1. The lowest BCUT2D eigenvalue weighted by atomic mass is 10.1. The molecule has 2 aromatic carbocycles. The molecule has 0 spiro atoms. The van der Waals surface area contributed by atoms with E-state index in [2.05, 4.69) is 10.3 Å². The van der Waals surface area contributed by atoms with Crippen molar-refractivity contribution in [3.63, 3.8) is 0 Å². The summed E-state index contributed by atoms with van der Waals surface area (Å²) in [6.45, 7) is 0. The number of carbonyl (C=O) groups excluding carboxylic acids is 1. The molecule has 0 saturated carbocycles. The zero-order valence-electron chi connectivity index (χ0n) is 14.6. The Balaban J connectivity index is 1.63. The third-order valence-electron chi connectivity index (χ3n) is 4.69. The zero-order chi connectivity index (χ0) is 19.9. The summed E-state index contributed by atoms with van der Waals surface area (Å²) in [5.74, 6) is -0.808. The summed E-state index contributed by atoms with van der Waals surface area (Å²) >= 11 is 0. The van der Waals surface area contributed by atoms with E-state index in [9.17, 15) is 22.4 Å². The Hall–Kier alpha value is -3.07. The lowest BCUT2D eigenvalue weighted by Crippen LogP contribution is -2.35. The second-order valence-corrected chi connectivity index (χ2v) is 8.93. The molecule has 1 N–H and O–H groups in total. The number of halogens is 1. The first-order valence-electron chi connectivity index (χ1n) is 8.61. The van der Waals surface area contributed by atoms with Gasteiger partial charge in [-0.05, 0) is 48.9 Å². The van der Waals surface area contributed by atoms with Crippen molar-refractivity contribution in [2.75, 3.05) is 11.5 Å². The van der Waals surface area contributed by atoms with Crippen molar-refractivity contribution >= 4 is 26.6 Å². The molecule has 144 valence electrons. The van der Waals surface area contributed by atoms with Gasteiger partial charge in [0.2, 0.25) is 0 Å². The quantitative estimate of drug-likeness (QED) is 0.716. The Morgan fingerprint density at radius 3 is 2.61 bits per heavy atom. The van der Waals surface area contributed by atoms with Crippen LogP contribution in [0.1, 0.15) is 16.8 Å². The number of amides is 1. The van der Waals surface area contributed by atoms with E-state index in [0.717, 1.165) is 0 Å². The molecule has 28 heavy (non-hydrogen) atoms. The molecule has 1 aromatic heterocycles. The minimum absolute atomic E-state index is 0.0626. The molecule has 1 atom stereocenters. The van der Waals surface area contributed by atoms with E-state index in [1.54, 1.807) is 0 Å². The number of nitrogens with one attached hydrogen (secondary N) is 1. The van der Waals surface area contributed by atoms with Crippen molar-refractivity contribution in [1.82, 2.24) is 14.9 Å². The topological polar surface area (TPSA) is 98.1 Å². The molecule has 9 heteroatoms. The Kier molecular flexibility index (Phi) is 4.46. The number of carbonyl (C=O) groups is 1. The molecule has 3 aromatic rings. The smallest absolute Gasteiger partial charge is 0.265 e. The van der Waals surface area contributed by atoms with Gasteiger partial charge in [0.15, 0.2) is 9.84 Å². The van der Waals surface area contributed by atoms with Gasteiger partial charge in [-0.2, -0.15) is 0 Å². The fraction of sp³-hybridized carbons (Fsp3) is 0.211. The number of benzene rings is 2. The summed E-state index contributed by atoms with van der Waals surface area (Å²) in [6, 6.07) is 9.54. The summed E-state index contributed by atoms with van der Waals surface area (Å²) < 4.78 is 37.4. The highest BCUT2D eigenvalue weighted by molar-refractivity contribution is 7.91. The van der Waals surface area contributed by atoms with Crippen LogP contribution in [-0.4, -0.2) is 41.4 Å². The number of rotatable bonds is 3. The minimum atomic E-state index is -3.09. The molecule has 4 rings (SSSR count). The predicted octanol–water partition coefficient (Wildman–Crippen LogP) is 1.44. The summed E-state index contributed by atoms with van der Waals surface area (Å²) in [7, 11) is -3.09. The SMILES string of the molecule is O=C(N[C@H]1CCS(=O)(=O)C1)c1ccc2c(=O)n(-c3ccc(F)cc3)cnc2c1. The van der Waals surface area contributed by atoms with Crippen molar-refractivity contribution in [3.05, 3.63) is 70.5 Å². The molecular formula is C19H16FN3O4S. The lowest BCUT2D eigenvalue weighted by Gasteiger charge is -2.11. The average molecular weight is 401 g/mol. The molecule has 7 nitrogen and oxygen atoms in total. The highest BCUT2D eigenvalue weighted by Crippen LogP contribution is 2.15. The van der Waals surface area contributed by atoms with E-state index in [1.807, 2.05) is 0 Å². The first kappa shape index (κ1) is 18.3.